The third-order valence-electron chi connectivity index (χ3n) is 2.60. The molecule has 3 N–H and O–H groups in total. The van der Waals surface area contributed by atoms with Crippen molar-refractivity contribution in [3.63, 3.8) is 0 Å². The molecule has 1 amide bonds. The first-order chi connectivity index (χ1) is 9.83. The second-order valence-corrected chi connectivity index (χ2v) is 5.26. The molecule has 0 saturated carbocycles. The number of hydrogen-bond acceptors (Lipinski definition) is 3. The van der Waals surface area contributed by atoms with Crippen LogP contribution in [0.15, 0.2) is 12.1 Å². The van der Waals surface area contributed by atoms with E-state index in [1.165, 1.54) is 12.1 Å². The Morgan fingerprint density at radius 3 is 2.43 bits per heavy atom. The van der Waals surface area contributed by atoms with Crippen LogP contribution < -0.4 is 15.8 Å². The number of halogens is 4. The van der Waals surface area contributed by atoms with Gasteiger partial charge in [-0.25, -0.2) is 0 Å². The van der Waals surface area contributed by atoms with Gasteiger partial charge in [0.1, 0.15) is 0 Å². The van der Waals surface area contributed by atoms with Gasteiger partial charge in [-0.05, 0) is 18.6 Å². The number of rotatable bonds is 7. The van der Waals surface area contributed by atoms with E-state index in [9.17, 15) is 13.6 Å². The number of ether oxygens (including phenoxy) is 1. The van der Waals surface area contributed by atoms with Crippen molar-refractivity contribution < 1.29 is 18.3 Å². The number of nitrogens with two attached hydrogens (primary N) is 1. The molecule has 0 spiro atoms. The molecule has 1 unspecified atom stereocenters. The van der Waals surface area contributed by atoms with Crippen molar-refractivity contribution in [2.75, 3.05) is 5.32 Å². The van der Waals surface area contributed by atoms with Gasteiger partial charge in [0.15, 0.2) is 5.75 Å². The number of alkyl halides is 2. The Balaban J connectivity index is 2.75. The van der Waals surface area contributed by atoms with Crippen LogP contribution >= 0.6 is 23.2 Å². The summed E-state index contributed by atoms with van der Waals surface area (Å²) < 4.78 is 28.6. The Labute approximate surface area is 131 Å². The van der Waals surface area contributed by atoms with E-state index in [4.69, 9.17) is 28.9 Å². The zero-order chi connectivity index (χ0) is 16.0. The van der Waals surface area contributed by atoms with Gasteiger partial charge in [0.2, 0.25) is 5.91 Å². The first kappa shape index (κ1) is 17.9. The van der Waals surface area contributed by atoms with Crippen LogP contribution in [0.1, 0.15) is 26.2 Å². The molecule has 0 aliphatic rings. The highest BCUT2D eigenvalue weighted by atomic mass is 35.5. The average Bonchev–Trinajstić information content (AvgIpc) is 2.33. The first-order valence-corrected chi connectivity index (χ1v) is 7.08. The fourth-order valence-corrected chi connectivity index (χ4v) is 2.33. The topological polar surface area (TPSA) is 64.4 Å². The second kappa shape index (κ2) is 8.36. The average molecular weight is 341 g/mol. The van der Waals surface area contributed by atoms with Crippen LogP contribution in [0.3, 0.4) is 0 Å². The summed E-state index contributed by atoms with van der Waals surface area (Å²) in [7, 11) is 0. The summed E-state index contributed by atoms with van der Waals surface area (Å²) in [4.78, 5) is 11.8. The maximum Gasteiger partial charge on any atom is 0.387 e. The lowest BCUT2D eigenvalue weighted by atomic mass is 10.1. The number of carbonyl (C=O) groups excluding carboxylic acids is 1. The normalized spacial score (nSPS) is 12.3. The lowest BCUT2D eigenvalue weighted by Crippen LogP contribution is -2.26. The van der Waals surface area contributed by atoms with Crippen LogP contribution in [0.25, 0.3) is 0 Å². The minimum absolute atomic E-state index is 0.115. The van der Waals surface area contributed by atoms with Crippen molar-refractivity contribution in [3.05, 3.63) is 22.2 Å². The van der Waals surface area contributed by atoms with Crippen molar-refractivity contribution in [2.24, 2.45) is 5.73 Å². The van der Waals surface area contributed by atoms with Gasteiger partial charge < -0.3 is 15.8 Å². The summed E-state index contributed by atoms with van der Waals surface area (Å²) in [5.74, 6) is -0.625. The third kappa shape index (κ3) is 6.03. The number of carbonyl (C=O) groups is 1. The van der Waals surface area contributed by atoms with Gasteiger partial charge in [0, 0.05) is 18.2 Å². The molecule has 1 aromatic carbocycles. The van der Waals surface area contributed by atoms with Gasteiger partial charge in [0.05, 0.1) is 10.0 Å². The van der Waals surface area contributed by atoms with Gasteiger partial charge in [-0.15, -0.1) is 0 Å². The molecule has 118 valence electrons. The summed E-state index contributed by atoms with van der Waals surface area (Å²) >= 11 is 11.6. The lowest BCUT2D eigenvalue weighted by molar-refractivity contribution is -0.116. The summed E-state index contributed by atoms with van der Waals surface area (Å²) in [5, 5.41) is 2.33. The number of benzene rings is 1. The molecule has 0 bridgehead atoms. The molecular weight excluding hydrogens is 325 g/mol. The fourth-order valence-electron chi connectivity index (χ4n) is 1.76. The monoisotopic (exact) mass is 340 g/mol. The third-order valence-corrected chi connectivity index (χ3v) is 3.16. The molecule has 1 rings (SSSR count). The fraction of sp³-hybridized carbons (Fsp3) is 0.462. The highest BCUT2D eigenvalue weighted by Gasteiger charge is 2.16. The molecule has 4 nitrogen and oxygen atoms in total. The lowest BCUT2D eigenvalue weighted by Gasteiger charge is -2.13. The van der Waals surface area contributed by atoms with Crippen LogP contribution in [0, 0.1) is 0 Å². The van der Waals surface area contributed by atoms with E-state index in [2.05, 4.69) is 10.1 Å². The Kier molecular flexibility index (Phi) is 7.14. The molecule has 21 heavy (non-hydrogen) atoms. The Bertz CT molecular complexity index is 478. The van der Waals surface area contributed by atoms with Crippen LogP contribution in [0.4, 0.5) is 14.5 Å². The quantitative estimate of drug-likeness (QED) is 0.786. The highest BCUT2D eigenvalue weighted by molar-refractivity contribution is 6.37. The van der Waals surface area contributed by atoms with Crippen molar-refractivity contribution in [3.8, 4) is 5.75 Å². The van der Waals surface area contributed by atoms with Crippen LogP contribution in [0.2, 0.25) is 10.0 Å². The highest BCUT2D eigenvalue weighted by Crippen LogP contribution is 2.37. The zero-order valence-corrected chi connectivity index (χ0v) is 12.8. The molecule has 1 atom stereocenters. The standard InChI is InChI=1S/C13H16Cl2F2N2O2/c1-2-3-7(18)4-11(20)19-8-5-9(14)12(10(15)6-8)21-13(16)17/h5-7,13H,2-4,18H2,1H3,(H,19,20). The summed E-state index contributed by atoms with van der Waals surface area (Å²) in [6.45, 7) is -1.06. The summed E-state index contributed by atoms with van der Waals surface area (Å²) in [5.41, 5.74) is 6.05. The molecule has 0 heterocycles. The van der Waals surface area contributed by atoms with E-state index in [-0.39, 0.29) is 34.2 Å². The molecule has 1 aromatic rings. The number of nitrogens with one attached hydrogen (secondary N) is 1. The van der Waals surface area contributed by atoms with E-state index in [1.54, 1.807) is 0 Å². The van der Waals surface area contributed by atoms with Crippen LogP contribution in [-0.4, -0.2) is 18.6 Å². The van der Waals surface area contributed by atoms with Crippen LogP contribution in [-0.2, 0) is 4.79 Å². The Hall–Kier alpha value is -1.11. The van der Waals surface area contributed by atoms with Gasteiger partial charge in [-0.1, -0.05) is 36.5 Å². The van der Waals surface area contributed by atoms with Crippen molar-refractivity contribution >= 4 is 34.8 Å². The number of amides is 1. The van der Waals surface area contributed by atoms with E-state index in [0.717, 1.165) is 12.8 Å². The van der Waals surface area contributed by atoms with Crippen molar-refractivity contribution in [1.29, 1.82) is 0 Å². The molecular formula is C13H16Cl2F2N2O2. The minimum Gasteiger partial charge on any atom is -0.432 e. The van der Waals surface area contributed by atoms with Crippen LogP contribution in [0.5, 0.6) is 5.75 Å². The molecule has 0 radical (unpaired) electrons. The number of anilines is 1. The van der Waals surface area contributed by atoms with E-state index in [1.807, 2.05) is 6.92 Å². The smallest absolute Gasteiger partial charge is 0.387 e. The van der Waals surface area contributed by atoms with Crippen molar-refractivity contribution in [1.82, 2.24) is 0 Å². The summed E-state index contributed by atoms with van der Waals surface area (Å²) in [6, 6.07) is 2.34. The van der Waals surface area contributed by atoms with Gasteiger partial charge >= 0.3 is 6.61 Å². The first-order valence-electron chi connectivity index (χ1n) is 6.32. The van der Waals surface area contributed by atoms with Gasteiger partial charge in [0.25, 0.3) is 0 Å². The van der Waals surface area contributed by atoms with E-state index < -0.39 is 6.61 Å². The molecule has 0 aliphatic carbocycles. The maximum atomic E-state index is 12.2. The summed E-state index contributed by atoms with van der Waals surface area (Å²) in [6.07, 6.45) is 1.76. The maximum absolute atomic E-state index is 12.2. The predicted molar refractivity (Wildman–Crippen MR) is 79.2 cm³/mol. The second-order valence-electron chi connectivity index (χ2n) is 4.45. The Morgan fingerprint density at radius 1 is 1.38 bits per heavy atom. The minimum atomic E-state index is -3.03. The van der Waals surface area contributed by atoms with Gasteiger partial charge in [-0.3, -0.25) is 4.79 Å². The molecule has 8 heteroatoms. The zero-order valence-electron chi connectivity index (χ0n) is 11.3. The largest absolute Gasteiger partial charge is 0.432 e. The van der Waals surface area contributed by atoms with E-state index >= 15 is 0 Å². The predicted octanol–water partition coefficient (Wildman–Crippen LogP) is 4.05. The van der Waals surface area contributed by atoms with Crippen molar-refractivity contribution in [2.45, 2.75) is 38.8 Å². The van der Waals surface area contributed by atoms with E-state index in [0.29, 0.717) is 5.69 Å². The molecule has 0 aliphatic heterocycles. The number of hydrogen-bond donors (Lipinski definition) is 2. The Morgan fingerprint density at radius 2 is 1.95 bits per heavy atom. The van der Waals surface area contributed by atoms with Gasteiger partial charge in [-0.2, -0.15) is 8.78 Å². The molecule has 0 saturated heterocycles. The molecule has 0 aromatic heterocycles. The molecule has 0 fully saturated rings. The SMILES string of the molecule is CCCC(N)CC(=O)Nc1cc(Cl)c(OC(F)F)c(Cl)c1.